The molecule has 1 aliphatic heterocycles. The molecule has 1 atom stereocenters. The molecule has 2 rings (SSSR count). The van der Waals surface area contributed by atoms with E-state index < -0.39 is 0 Å². The third-order valence-corrected chi connectivity index (χ3v) is 4.58. The van der Waals surface area contributed by atoms with E-state index in [2.05, 4.69) is 68.3 Å². The summed E-state index contributed by atoms with van der Waals surface area (Å²) in [7, 11) is 6.39. The normalized spacial score (nSPS) is 18.9. The number of aryl methyl sites for hydroxylation is 1. The van der Waals surface area contributed by atoms with E-state index in [-0.39, 0.29) is 0 Å². The Balaban J connectivity index is 1.99. The summed E-state index contributed by atoms with van der Waals surface area (Å²) in [4.78, 5) is 4.58. The average molecular weight is 275 g/mol. The first-order valence-corrected chi connectivity index (χ1v) is 7.70. The fraction of sp³-hybridized carbons (Fsp3) is 0.647. The predicted molar refractivity (Wildman–Crippen MR) is 88.8 cm³/mol. The van der Waals surface area contributed by atoms with Gasteiger partial charge in [0.1, 0.15) is 0 Å². The summed E-state index contributed by atoms with van der Waals surface area (Å²) in [5.41, 5.74) is 3.87. The van der Waals surface area contributed by atoms with Crippen molar-refractivity contribution >= 4 is 11.4 Å². The second-order valence-electron chi connectivity index (χ2n) is 6.47. The molecule has 0 spiro atoms. The third-order valence-electron chi connectivity index (χ3n) is 4.58. The lowest BCUT2D eigenvalue weighted by atomic mass is 9.90. The first-order valence-electron chi connectivity index (χ1n) is 7.70. The van der Waals surface area contributed by atoms with Crippen LogP contribution in [0.15, 0.2) is 18.2 Å². The van der Waals surface area contributed by atoms with E-state index >= 15 is 0 Å². The first-order chi connectivity index (χ1) is 9.47. The van der Waals surface area contributed by atoms with Crippen LogP contribution >= 0.6 is 0 Å². The van der Waals surface area contributed by atoms with E-state index in [0.29, 0.717) is 6.04 Å². The first kappa shape index (κ1) is 15.2. The van der Waals surface area contributed by atoms with Gasteiger partial charge in [-0.25, -0.2) is 0 Å². The van der Waals surface area contributed by atoms with E-state index in [1.807, 2.05) is 0 Å². The summed E-state index contributed by atoms with van der Waals surface area (Å²) >= 11 is 0. The molecule has 0 saturated carbocycles. The number of hydrogen-bond donors (Lipinski definition) is 1. The van der Waals surface area contributed by atoms with Crippen molar-refractivity contribution in [3.63, 3.8) is 0 Å². The maximum Gasteiger partial charge on any atom is 0.0373 e. The lowest BCUT2D eigenvalue weighted by molar-refractivity contribution is 0.208. The summed E-state index contributed by atoms with van der Waals surface area (Å²) in [6.07, 6.45) is 2.61. The fourth-order valence-corrected chi connectivity index (χ4v) is 2.98. The van der Waals surface area contributed by atoms with Crippen LogP contribution in [0.5, 0.6) is 0 Å². The van der Waals surface area contributed by atoms with Crippen LogP contribution in [0.4, 0.5) is 11.4 Å². The topological polar surface area (TPSA) is 18.5 Å². The predicted octanol–water partition coefficient (Wildman–Crippen LogP) is 3.20. The highest BCUT2D eigenvalue weighted by molar-refractivity contribution is 5.60. The molecule has 0 amide bonds. The van der Waals surface area contributed by atoms with Crippen molar-refractivity contribution in [1.82, 2.24) is 4.90 Å². The Kier molecular flexibility index (Phi) is 4.92. The molecule has 3 heteroatoms. The molecule has 20 heavy (non-hydrogen) atoms. The minimum atomic E-state index is 0.549. The van der Waals surface area contributed by atoms with Crippen molar-refractivity contribution in [2.45, 2.75) is 32.7 Å². The molecule has 0 aromatic heterocycles. The van der Waals surface area contributed by atoms with Crippen LogP contribution in [0.1, 0.15) is 25.3 Å². The Morgan fingerprint density at radius 1 is 1.25 bits per heavy atom. The number of hydrogen-bond acceptors (Lipinski definition) is 3. The summed E-state index contributed by atoms with van der Waals surface area (Å²) in [5.74, 6) is 0.791. The van der Waals surface area contributed by atoms with Crippen LogP contribution in [-0.4, -0.2) is 45.2 Å². The minimum Gasteiger partial charge on any atom is -0.382 e. The summed E-state index contributed by atoms with van der Waals surface area (Å²) in [6, 6.07) is 7.21. The molecule has 1 saturated heterocycles. The number of nitrogens with zero attached hydrogens (tertiary/aromatic N) is 2. The van der Waals surface area contributed by atoms with E-state index in [1.54, 1.807) is 0 Å². The Morgan fingerprint density at radius 2 is 1.90 bits per heavy atom. The minimum absolute atomic E-state index is 0.549. The number of anilines is 2. The quantitative estimate of drug-likeness (QED) is 0.910. The zero-order valence-corrected chi connectivity index (χ0v) is 13.6. The summed E-state index contributed by atoms with van der Waals surface area (Å²) in [5, 5.41) is 3.72. The van der Waals surface area contributed by atoms with Gasteiger partial charge in [0.05, 0.1) is 0 Å². The lowest BCUT2D eigenvalue weighted by Gasteiger charge is -2.33. The highest BCUT2D eigenvalue weighted by Gasteiger charge is 2.22. The second-order valence-corrected chi connectivity index (χ2v) is 6.47. The maximum absolute atomic E-state index is 3.72. The zero-order chi connectivity index (χ0) is 14.7. The highest BCUT2D eigenvalue weighted by Crippen LogP contribution is 2.26. The molecule has 112 valence electrons. The van der Waals surface area contributed by atoms with Gasteiger partial charge < -0.3 is 15.1 Å². The number of benzene rings is 1. The molecule has 3 nitrogen and oxygen atoms in total. The van der Waals surface area contributed by atoms with Crippen LogP contribution in [0.2, 0.25) is 0 Å². The van der Waals surface area contributed by atoms with Crippen molar-refractivity contribution in [2.24, 2.45) is 5.92 Å². The van der Waals surface area contributed by atoms with E-state index in [9.17, 15) is 0 Å². The third kappa shape index (κ3) is 3.66. The van der Waals surface area contributed by atoms with Crippen LogP contribution in [0, 0.1) is 12.8 Å². The van der Waals surface area contributed by atoms with Crippen molar-refractivity contribution in [3.05, 3.63) is 23.8 Å². The van der Waals surface area contributed by atoms with Gasteiger partial charge in [0.25, 0.3) is 0 Å². The Labute approximate surface area is 124 Å². The van der Waals surface area contributed by atoms with Gasteiger partial charge >= 0.3 is 0 Å². The molecule has 0 aliphatic carbocycles. The van der Waals surface area contributed by atoms with Gasteiger partial charge in [-0.1, -0.05) is 0 Å². The van der Waals surface area contributed by atoms with E-state index in [4.69, 9.17) is 0 Å². The summed E-state index contributed by atoms with van der Waals surface area (Å²) < 4.78 is 0. The second kappa shape index (κ2) is 6.49. The monoisotopic (exact) mass is 275 g/mol. The van der Waals surface area contributed by atoms with Gasteiger partial charge in [-0.2, -0.15) is 0 Å². The van der Waals surface area contributed by atoms with Gasteiger partial charge in [0.2, 0.25) is 0 Å². The van der Waals surface area contributed by atoms with Gasteiger partial charge in [0.15, 0.2) is 0 Å². The Morgan fingerprint density at radius 3 is 2.45 bits per heavy atom. The Hall–Kier alpha value is -1.22. The van der Waals surface area contributed by atoms with Crippen molar-refractivity contribution in [3.8, 4) is 0 Å². The molecule has 1 aliphatic rings. The molecule has 1 heterocycles. The summed E-state index contributed by atoms with van der Waals surface area (Å²) in [6.45, 7) is 6.98. The largest absolute Gasteiger partial charge is 0.382 e. The average Bonchev–Trinajstić information content (AvgIpc) is 2.41. The Bertz CT molecular complexity index is 434. The number of likely N-dealkylation sites (tertiary alicyclic amines) is 1. The lowest BCUT2D eigenvalue weighted by Crippen LogP contribution is -2.37. The van der Waals surface area contributed by atoms with Crippen molar-refractivity contribution in [2.75, 3.05) is 44.4 Å². The van der Waals surface area contributed by atoms with Gasteiger partial charge in [-0.15, -0.1) is 0 Å². The van der Waals surface area contributed by atoms with Crippen molar-refractivity contribution < 1.29 is 0 Å². The van der Waals surface area contributed by atoms with E-state index in [1.165, 1.54) is 42.9 Å². The SMILES string of the molecule is Cc1cc(N(C)C)ccc1NC(C)C1CCN(C)CC1. The van der Waals surface area contributed by atoms with Gasteiger partial charge in [0, 0.05) is 31.5 Å². The molecular formula is C17H29N3. The number of nitrogens with one attached hydrogen (secondary N) is 1. The van der Waals surface area contributed by atoms with Crippen LogP contribution in [0.25, 0.3) is 0 Å². The van der Waals surface area contributed by atoms with Gasteiger partial charge in [-0.3, -0.25) is 0 Å². The van der Waals surface area contributed by atoms with E-state index in [0.717, 1.165) is 5.92 Å². The zero-order valence-electron chi connectivity index (χ0n) is 13.6. The standard InChI is InChI=1S/C17H29N3/c1-13-12-16(19(3)4)6-7-17(13)18-14(2)15-8-10-20(5)11-9-15/h6-7,12,14-15,18H,8-11H2,1-5H3. The molecule has 1 fully saturated rings. The number of piperidine rings is 1. The molecule has 0 bridgehead atoms. The smallest absolute Gasteiger partial charge is 0.0373 e. The fourth-order valence-electron chi connectivity index (χ4n) is 2.98. The number of rotatable bonds is 4. The van der Waals surface area contributed by atoms with Crippen LogP contribution in [0.3, 0.4) is 0 Å². The van der Waals surface area contributed by atoms with Gasteiger partial charge in [-0.05, 0) is 76.5 Å². The van der Waals surface area contributed by atoms with Crippen molar-refractivity contribution in [1.29, 1.82) is 0 Å². The molecule has 1 aromatic rings. The molecule has 1 unspecified atom stereocenters. The maximum atomic E-state index is 3.72. The molecule has 1 N–H and O–H groups in total. The molecule has 1 aromatic carbocycles. The van der Waals surface area contributed by atoms with Crippen LogP contribution in [-0.2, 0) is 0 Å². The molecular weight excluding hydrogens is 246 g/mol. The molecule has 0 radical (unpaired) electrons. The van der Waals surface area contributed by atoms with Crippen LogP contribution < -0.4 is 10.2 Å². The highest BCUT2D eigenvalue weighted by atomic mass is 15.1.